The number of hydrogen-bond donors (Lipinski definition) is 1. The molecule has 0 bridgehead atoms. The summed E-state index contributed by atoms with van der Waals surface area (Å²) in [4.78, 5) is 10.9. The maximum absolute atomic E-state index is 6.70. The van der Waals surface area contributed by atoms with E-state index in [1.54, 1.807) is 7.11 Å². The molecule has 25 heavy (non-hydrogen) atoms. The Morgan fingerprint density at radius 3 is 2.92 bits per heavy atom. The number of rotatable bonds is 3. The monoisotopic (exact) mass is 364 g/mol. The van der Waals surface area contributed by atoms with Crippen LogP contribution in [0.3, 0.4) is 0 Å². The molecule has 136 valence electrons. The Morgan fingerprint density at radius 2 is 2.24 bits per heavy atom. The SMILES string of the molecule is COC1=CCC(C)([C@@H]2COCCCN2c2cc(C)nc(N)n2)C(Cl)=C1. The molecule has 2 aliphatic rings. The third kappa shape index (κ3) is 3.60. The number of hydrogen-bond acceptors (Lipinski definition) is 6. The highest BCUT2D eigenvalue weighted by atomic mass is 35.5. The van der Waals surface area contributed by atoms with Crippen LogP contribution in [-0.4, -0.2) is 42.9 Å². The Balaban J connectivity index is 1.99. The molecular weight excluding hydrogens is 340 g/mol. The first-order chi connectivity index (χ1) is 11.9. The van der Waals surface area contributed by atoms with Gasteiger partial charge in [-0.3, -0.25) is 0 Å². The number of methoxy groups -OCH3 is 1. The second kappa shape index (κ2) is 7.22. The molecule has 0 radical (unpaired) electrons. The van der Waals surface area contributed by atoms with E-state index in [1.807, 2.05) is 19.1 Å². The first-order valence-corrected chi connectivity index (χ1v) is 8.89. The summed E-state index contributed by atoms with van der Waals surface area (Å²) in [5.74, 6) is 1.91. The van der Waals surface area contributed by atoms with Crippen LogP contribution in [0, 0.1) is 12.3 Å². The molecule has 0 saturated carbocycles. The zero-order valence-corrected chi connectivity index (χ0v) is 15.7. The number of nitrogen functional groups attached to an aromatic ring is 1. The molecule has 2 atom stereocenters. The van der Waals surface area contributed by atoms with E-state index in [0.717, 1.165) is 48.3 Å². The lowest BCUT2D eigenvalue weighted by Gasteiger charge is -2.44. The summed E-state index contributed by atoms with van der Waals surface area (Å²) >= 11 is 6.70. The third-order valence-corrected chi connectivity index (χ3v) is 5.55. The highest BCUT2D eigenvalue weighted by Gasteiger charge is 2.43. The average molecular weight is 365 g/mol. The number of aromatic nitrogens is 2. The molecule has 1 aliphatic heterocycles. The summed E-state index contributed by atoms with van der Waals surface area (Å²) < 4.78 is 11.2. The molecule has 6 nitrogen and oxygen atoms in total. The second-order valence-corrected chi connectivity index (χ2v) is 7.20. The number of halogens is 1. The molecule has 1 aliphatic carbocycles. The molecule has 3 rings (SSSR count). The van der Waals surface area contributed by atoms with Crippen molar-refractivity contribution in [2.75, 3.05) is 37.5 Å². The minimum Gasteiger partial charge on any atom is -0.497 e. The standard InChI is InChI=1S/C18H25ClN4O2/c1-12-9-16(22-17(20)21-12)23-7-4-8-25-11-15(23)18(2)6-5-13(24-3)10-14(18)19/h5,9-10,15H,4,6-8,11H2,1-3H3,(H2,20,21,22)/t15-,18?/m0/s1. The van der Waals surface area contributed by atoms with Crippen LogP contribution in [0.1, 0.15) is 25.5 Å². The number of aryl methyl sites for hydroxylation is 1. The van der Waals surface area contributed by atoms with Gasteiger partial charge in [-0.25, -0.2) is 4.98 Å². The van der Waals surface area contributed by atoms with Crippen LogP contribution >= 0.6 is 11.6 Å². The minimum atomic E-state index is -0.290. The van der Waals surface area contributed by atoms with Gasteiger partial charge >= 0.3 is 0 Å². The number of ether oxygens (including phenoxy) is 2. The Hall–Kier alpha value is -1.79. The Bertz CT molecular complexity index is 686. The summed E-state index contributed by atoms with van der Waals surface area (Å²) in [5.41, 5.74) is 6.44. The van der Waals surface area contributed by atoms with Gasteiger partial charge in [0.05, 0.1) is 19.8 Å². The van der Waals surface area contributed by atoms with Gasteiger partial charge in [0.2, 0.25) is 5.95 Å². The van der Waals surface area contributed by atoms with Crippen LogP contribution in [0.4, 0.5) is 11.8 Å². The molecule has 1 fully saturated rings. The lowest BCUT2D eigenvalue weighted by molar-refractivity contribution is 0.105. The van der Waals surface area contributed by atoms with Crippen LogP contribution < -0.4 is 10.6 Å². The molecule has 1 aromatic heterocycles. The van der Waals surface area contributed by atoms with Crippen LogP contribution in [0.25, 0.3) is 0 Å². The van der Waals surface area contributed by atoms with E-state index in [9.17, 15) is 0 Å². The van der Waals surface area contributed by atoms with Crippen molar-refractivity contribution in [3.05, 3.63) is 34.7 Å². The van der Waals surface area contributed by atoms with E-state index >= 15 is 0 Å². The second-order valence-electron chi connectivity index (χ2n) is 6.79. The van der Waals surface area contributed by atoms with E-state index in [1.165, 1.54) is 0 Å². The van der Waals surface area contributed by atoms with Crippen molar-refractivity contribution >= 4 is 23.4 Å². The van der Waals surface area contributed by atoms with Gasteiger partial charge in [0.25, 0.3) is 0 Å². The molecule has 0 aromatic carbocycles. The predicted octanol–water partition coefficient (Wildman–Crippen LogP) is 3.03. The summed E-state index contributed by atoms with van der Waals surface area (Å²) in [6, 6.07) is 2.01. The van der Waals surface area contributed by atoms with E-state index in [-0.39, 0.29) is 17.4 Å². The molecular formula is C18H25ClN4O2. The number of allylic oxidation sites excluding steroid dienone is 2. The largest absolute Gasteiger partial charge is 0.497 e. The molecule has 0 amide bonds. The van der Waals surface area contributed by atoms with Gasteiger partial charge in [-0.15, -0.1) is 0 Å². The van der Waals surface area contributed by atoms with E-state index < -0.39 is 0 Å². The fraction of sp³-hybridized carbons (Fsp3) is 0.556. The molecule has 1 saturated heterocycles. The van der Waals surface area contributed by atoms with Gasteiger partial charge in [-0.2, -0.15) is 4.98 Å². The molecule has 1 aromatic rings. The Morgan fingerprint density at radius 1 is 1.44 bits per heavy atom. The summed E-state index contributed by atoms with van der Waals surface area (Å²) in [7, 11) is 1.66. The van der Waals surface area contributed by atoms with Gasteiger partial charge in [-0.05, 0) is 31.9 Å². The zero-order chi connectivity index (χ0) is 18.0. The van der Waals surface area contributed by atoms with Crippen LogP contribution in [0.2, 0.25) is 0 Å². The smallest absolute Gasteiger partial charge is 0.222 e. The van der Waals surface area contributed by atoms with E-state index in [0.29, 0.717) is 6.61 Å². The first-order valence-electron chi connectivity index (χ1n) is 8.51. The highest BCUT2D eigenvalue weighted by molar-refractivity contribution is 6.30. The van der Waals surface area contributed by atoms with Crippen molar-refractivity contribution in [3.63, 3.8) is 0 Å². The quantitative estimate of drug-likeness (QED) is 0.888. The maximum atomic E-state index is 6.70. The van der Waals surface area contributed by atoms with Crippen LogP contribution in [-0.2, 0) is 9.47 Å². The maximum Gasteiger partial charge on any atom is 0.222 e. The van der Waals surface area contributed by atoms with Gasteiger partial charge < -0.3 is 20.1 Å². The summed E-state index contributed by atoms with van der Waals surface area (Å²) in [5, 5.41) is 0.770. The van der Waals surface area contributed by atoms with Crippen molar-refractivity contribution in [2.24, 2.45) is 5.41 Å². The van der Waals surface area contributed by atoms with Crippen molar-refractivity contribution in [1.82, 2.24) is 9.97 Å². The molecule has 2 heterocycles. The van der Waals surface area contributed by atoms with E-state index in [2.05, 4.69) is 27.9 Å². The molecule has 2 N–H and O–H groups in total. The normalized spacial score (nSPS) is 27.4. The van der Waals surface area contributed by atoms with Gasteiger partial charge in [-0.1, -0.05) is 18.5 Å². The molecule has 0 spiro atoms. The average Bonchev–Trinajstić information content (AvgIpc) is 2.83. The van der Waals surface area contributed by atoms with Crippen LogP contribution in [0.15, 0.2) is 29.0 Å². The first kappa shape index (κ1) is 18.0. The van der Waals surface area contributed by atoms with Gasteiger partial charge in [0.1, 0.15) is 11.6 Å². The highest BCUT2D eigenvalue weighted by Crippen LogP contribution is 2.45. The van der Waals surface area contributed by atoms with Gasteiger partial charge in [0.15, 0.2) is 0 Å². The van der Waals surface area contributed by atoms with E-state index in [4.69, 9.17) is 26.8 Å². The molecule has 7 heteroatoms. The number of nitrogens with two attached hydrogens (primary N) is 1. The van der Waals surface area contributed by atoms with Crippen molar-refractivity contribution in [1.29, 1.82) is 0 Å². The Labute approximate surface area is 153 Å². The lowest BCUT2D eigenvalue weighted by Crippen LogP contribution is -2.50. The fourth-order valence-electron chi connectivity index (χ4n) is 3.50. The topological polar surface area (TPSA) is 73.5 Å². The number of anilines is 2. The van der Waals surface area contributed by atoms with Crippen molar-refractivity contribution in [2.45, 2.75) is 32.7 Å². The van der Waals surface area contributed by atoms with Crippen molar-refractivity contribution in [3.8, 4) is 0 Å². The summed E-state index contributed by atoms with van der Waals surface area (Å²) in [6.07, 6.45) is 5.67. The number of nitrogens with zero attached hydrogens (tertiary/aromatic N) is 3. The lowest BCUT2D eigenvalue weighted by atomic mass is 9.75. The zero-order valence-electron chi connectivity index (χ0n) is 15.0. The van der Waals surface area contributed by atoms with Gasteiger partial charge in [0, 0.05) is 35.4 Å². The van der Waals surface area contributed by atoms with Crippen molar-refractivity contribution < 1.29 is 9.47 Å². The fourth-order valence-corrected chi connectivity index (χ4v) is 3.81. The Kier molecular flexibility index (Phi) is 5.20. The third-order valence-electron chi connectivity index (χ3n) is 5.00. The van der Waals surface area contributed by atoms with Crippen LogP contribution in [0.5, 0.6) is 0 Å². The predicted molar refractivity (Wildman–Crippen MR) is 99.5 cm³/mol. The minimum absolute atomic E-state index is 0.0436. The summed E-state index contributed by atoms with van der Waals surface area (Å²) in [6.45, 7) is 6.23. The molecule has 1 unspecified atom stereocenters.